The lowest BCUT2D eigenvalue weighted by molar-refractivity contribution is 0.179. The Balaban J connectivity index is 1.51. The lowest BCUT2D eigenvalue weighted by Gasteiger charge is -2.33. The van der Waals surface area contributed by atoms with Crippen LogP contribution in [0.3, 0.4) is 0 Å². The van der Waals surface area contributed by atoms with Crippen molar-refractivity contribution in [2.24, 2.45) is 5.92 Å². The van der Waals surface area contributed by atoms with E-state index in [0.29, 0.717) is 6.04 Å². The third kappa shape index (κ3) is 4.24. The fourth-order valence-corrected chi connectivity index (χ4v) is 3.32. The Morgan fingerprint density at radius 3 is 2.78 bits per heavy atom. The summed E-state index contributed by atoms with van der Waals surface area (Å²) in [5.74, 6) is 2.54. The number of piperidine rings is 1. The third-order valence-electron chi connectivity index (χ3n) is 4.50. The van der Waals surface area contributed by atoms with Crippen LogP contribution in [0.5, 0.6) is 0 Å². The van der Waals surface area contributed by atoms with Gasteiger partial charge < -0.3 is 14.6 Å². The van der Waals surface area contributed by atoms with Gasteiger partial charge in [-0.25, -0.2) is 0 Å². The van der Waals surface area contributed by atoms with Crippen LogP contribution in [0.4, 0.5) is 0 Å². The predicted octanol–water partition coefficient (Wildman–Crippen LogP) is 3.19. The van der Waals surface area contributed by atoms with Gasteiger partial charge in [-0.05, 0) is 50.9 Å². The summed E-state index contributed by atoms with van der Waals surface area (Å²) in [6.07, 6.45) is 4.34. The molecule has 5 heteroatoms. The number of furan rings is 1. The van der Waals surface area contributed by atoms with Crippen LogP contribution in [0.15, 0.2) is 22.7 Å². The predicted molar refractivity (Wildman–Crippen MR) is 92.2 cm³/mol. The quantitative estimate of drug-likeness (QED) is 0.859. The number of likely N-dealkylation sites (tertiary alicyclic amines) is 1. The Morgan fingerprint density at radius 2 is 2.13 bits per heavy atom. The van der Waals surface area contributed by atoms with Crippen molar-refractivity contribution in [2.75, 3.05) is 19.6 Å². The molecule has 0 bridgehead atoms. The summed E-state index contributed by atoms with van der Waals surface area (Å²) in [7, 11) is 0. The zero-order valence-corrected chi connectivity index (χ0v) is 14.4. The van der Waals surface area contributed by atoms with Gasteiger partial charge in [-0.15, -0.1) is 0 Å². The number of rotatable bonds is 6. The molecule has 0 atom stereocenters. The fraction of sp³-hybridized carbons (Fsp3) is 0.611. The highest BCUT2D eigenvalue weighted by atomic mass is 16.3. The van der Waals surface area contributed by atoms with E-state index in [9.17, 15) is 0 Å². The monoisotopic (exact) mass is 316 g/mol. The van der Waals surface area contributed by atoms with E-state index >= 15 is 0 Å². The van der Waals surface area contributed by atoms with Crippen LogP contribution in [0.25, 0.3) is 11.5 Å². The smallest absolute Gasteiger partial charge is 0.152 e. The SMILES string of the molecule is Cc1ccc(-c2[nH]ncc2CNC2CCN(CC(C)C)CC2)o1. The molecule has 2 aromatic heterocycles. The van der Waals surface area contributed by atoms with Gasteiger partial charge in [0.05, 0.1) is 6.20 Å². The largest absolute Gasteiger partial charge is 0.460 e. The van der Waals surface area contributed by atoms with Crippen molar-refractivity contribution in [2.45, 2.75) is 46.2 Å². The second-order valence-electron chi connectivity index (χ2n) is 7.03. The summed E-state index contributed by atoms with van der Waals surface area (Å²) < 4.78 is 5.71. The lowest BCUT2D eigenvalue weighted by atomic mass is 10.0. The molecule has 3 heterocycles. The standard InChI is InChI=1S/C18H28N4O/c1-13(2)12-22-8-6-16(7-9-22)19-10-15-11-20-21-18(15)17-5-4-14(3)23-17/h4-5,11,13,16,19H,6-10,12H2,1-3H3,(H,20,21). The van der Waals surface area contributed by atoms with E-state index < -0.39 is 0 Å². The molecule has 5 nitrogen and oxygen atoms in total. The molecule has 0 saturated carbocycles. The van der Waals surface area contributed by atoms with Crippen LogP contribution in [0.1, 0.15) is 38.0 Å². The average Bonchev–Trinajstić information content (AvgIpc) is 3.14. The summed E-state index contributed by atoms with van der Waals surface area (Å²) in [6.45, 7) is 11.0. The molecule has 126 valence electrons. The van der Waals surface area contributed by atoms with Crippen LogP contribution in [0, 0.1) is 12.8 Å². The Hall–Kier alpha value is -1.59. The molecule has 0 radical (unpaired) electrons. The minimum Gasteiger partial charge on any atom is -0.460 e. The minimum absolute atomic E-state index is 0.597. The molecule has 0 spiro atoms. The number of H-pyrrole nitrogens is 1. The van der Waals surface area contributed by atoms with Gasteiger partial charge in [-0.2, -0.15) is 5.10 Å². The van der Waals surface area contributed by atoms with Crippen molar-refractivity contribution < 1.29 is 4.42 Å². The fourth-order valence-electron chi connectivity index (χ4n) is 3.32. The van der Waals surface area contributed by atoms with Gasteiger partial charge in [-0.3, -0.25) is 5.10 Å². The summed E-state index contributed by atoms with van der Waals surface area (Å²) in [5, 5.41) is 10.9. The van der Waals surface area contributed by atoms with E-state index in [-0.39, 0.29) is 0 Å². The van der Waals surface area contributed by atoms with Gasteiger partial charge in [0.25, 0.3) is 0 Å². The van der Waals surface area contributed by atoms with Crippen molar-refractivity contribution >= 4 is 0 Å². The van der Waals surface area contributed by atoms with Crippen molar-refractivity contribution in [3.8, 4) is 11.5 Å². The molecular formula is C18H28N4O. The van der Waals surface area contributed by atoms with E-state index in [2.05, 4.69) is 34.3 Å². The second-order valence-corrected chi connectivity index (χ2v) is 7.03. The minimum atomic E-state index is 0.597. The molecule has 0 amide bonds. The van der Waals surface area contributed by atoms with Gasteiger partial charge in [0.2, 0.25) is 0 Å². The molecular weight excluding hydrogens is 288 g/mol. The number of hydrogen-bond acceptors (Lipinski definition) is 4. The molecule has 3 rings (SSSR count). The molecule has 2 N–H and O–H groups in total. The topological polar surface area (TPSA) is 57.1 Å². The van der Waals surface area contributed by atoms with Crippen LogP contribution in [-0.4, -0.2) is 40.8 Å². The van der Waals surface area contributed by atoms with Crippen molar-refractivity contribution in [3.63, 3.8) is 0 Å². The van der Waals surface area contributed by atoms with Crippen molar-refractivity contribution in [3.05, 3.63) is 29.7 Å². The second kappa shape index (κ2) is 7.32. The molecule has 0 aliphatic carbocycles. The number of aryl methyl sites for hydroxylation is 1. The lowest BCUT2D eigenvalue weighted by Crippen LogP contribution is -2.43. The summed E-state index contributed by atoms with van der Waals surface area (Å²) >= 11 is 0. The van der Waals surface area contributed by atoms with E-state index in [1.807, 2.05) is 25.3 Å². The number of nitrogens with zero attached hydrogens (tertiary/aromatic N) is 2. The highest BCUT2D eigenvalue weighted by Crippen LogP contribution is 2.23. The molecule has 2 aromatic rings. The number of aromatic amines is 1. The average molecular weight is 316 g/mol. The zero-order chi connectivity index (χ0) is 16.2. The molecule has 23 heavy (non-hydrogen) atoms. The highest BCUT2D eigenvalue weighted by molar-refractivity contribution is 5.56. The van der Waals surface area contributed by atoms with E-state index in [0.717, 1.165) is 29.7 Å². The van der Waals surface area contributed by atoms with Gasteiger partial charge >= 0.3 is 0 Å². The molecule has 1 aliphatic heterocycles. The van der Waals surface area contributed by atoms with Gasteiger partial charge in [0.15, 0.2) is 5.76 Å². The van der Waals surface area contributed by atoms with Crippen LogP contribution < -0.4 is 5.32 Å². The first-order valence-corrected chi connectivity index (χ1v) is 8.66. The zero-order valence-electron chi connectivity index (χ0n) is 14.4. The van der Waals surface area contributed by atoms with E-state index in [1.54, 1.807) is 0 Å². The first kappa shape index (κ1) is 16.3. The third-order valence-corrected chi connectivity index (χ3v) is 4.50. The maximum atomic E-state index is 5.71. The van der Waals surface area contributed by atoms with E-state index in [4.69, 9.17) is 4.42 Å². The van der Waals surface area contributed by atoms with Crippen LogP contribution in [-0.2, 0) is 6.54 Å². The normalized spacial score (nSPS) is 17.2. The summed E-state index contributed by atoms with van der Waals surface area (Å²) in [6, 6.07) is 4.58. The van der Waals surface area contributed by atoms with Crippen LogP contribution in [0.2, 0.25) is 0 Å². The molecule has 0 aromatic carbocycles. The first-order valence-electron chi connectivity index (χ1n) is 8.66. The number of aromatic nitrogens is 2. The summed E-state index contributed by atoms with van der Waals surface area (Å²) in [5.41, 5.74) is 2.16. The maximum Gasteiger partial charge on any atom is 0.152 e. The molecule has 1 fully saturated rings. The van der Waals surface area contributed by atoms with Crippen molar-refractivity contribution in [1.29, 1.82) is 0 Å². The maximum absolute atomic E-state index is 5.71. The summed E-state index contributed by atoms with van der Waals surface area (Å²) in [4.78, 5) is 2.58. The molecule has 1 aliphatic rings. The van der Waals surface area contributed by atoms with E-state index in [1.165, 1.54) is 38.0 Å². The number of hydrogen-bond donors (Lipinski definition) is 2. The Labute approximate surface area is 138 Å². The Morgan fingerprint density at radius 1 is 1.35 bits per heavy atom. The number of nitrogens with one attached hydrogen (secondary N) is 2. The molecule has 1 saturated heterocycles. The van der Waals surface area contributed by atoms with Gasteiger partial charge in [-0.1, -0.05) is 13.8 Å². The molecule has 0 unspecified atom stereocenters. The first-order chi connectivity index (χ1) is 11.1. The van der Waals surface area contributed by atoms with Crippen molar-refractivity contribution in [1.82, 2.24) is 20.4 Å². The van der Waals surface area contributed by atoms with Gasteiger partial charge in [0, 0.05) is 24.7 Å². The van der Waals surface area contributed by atoms with Crippen LogP contribution >= 0.6 is 0 Å². The van der Waals surface area contributed by atoms with Gasteiger partial charge in [0.1, 0.15) is 11.5 Å². The highest BCUT2D eigenvalue weighted by Gasteiger charge is 2.20. The Bertz CT molecular complexity index is 608. The Kier molecular flexibility index (Phi) is 5.18.